The Morgan fingerprint density at radius 1 is 0.550 bits per heavy atom. The standard InChI is InChI=1S/C51H84O9/c1-3-5-7-9-11-13-15-17-18-19-20-21-22-23-24-25-26-27-28-29-30-32-34-36-38-40-47(53)59-45(44-58-51-50(56)49(55)48(54)46(42-52)60-51)43-57-41-39-37-35-33-31-16-14-12-10-8-6-4-2/h5,7,10-13,17-18,20-21,23-24,26-27,29-30,45-46,48-52,54-56H,3-4,6,8-9,14-16,19,22,25,28,31-44H2,1-2H3/b7-5-,12-10-,13-11-,18-17-,21-20-,24-23-,27-26-,30-29-. The van der Waals surface area contributed by atoms with Crippen molar-refractivity contribution in [3.05, 3.63) is 97.2 Å². The van der Waals surface area contributed by atoms with E-state index in [1.54, 1.807) is 0 Å². The maximum atomic E-state index is 12.8. The van der Waals surface area contributed by atoms with Crippen LogP contribution in [0.25, 0.3) is 0 Å². The molecule has 1 aliphatic heterocycles. The Labute approximate surface area is 364 Å². The average molecular weight is 841 g/mol. The first-order chi connectivity index (χ1) is 29.4. The van der Waals surface area contributed by atoms with Crippen LogP contribution in [-0.4, -0.2) is 89.6 Å². The van der Waals surface area contributed by atoms with Gasteiger partial charge in [0.1, 0.15) is 30.5 Å². The fourth-order valence-corrected chi connectivity index (χ4v) is 6.33. The molecule has 6 atom stereocenters. The first-order valence-corrected chi connectivity index (χ1v) is 23.3. The van der Waals surface area contributed by atoms with Crippen LogP contribution in [0.5, 0.6) is 0 Å². The van der Waals surface area contributed by atoms with Gasteiger partial charge in [0.2, 0.25) is 0 Å². The molecule has 1 aliphatic rings. The topological polar surface area (TPSA) is 135 Å². The summed E-state index contributed by atoms with van der Waals surface area (Å²) in [6, 6.07) is 0. The minimum Gasteiger partial charge on any atom is -0.457 e. The Hall–Kier alpha value is -2.89. The molecule has 1 saturated heterocycles. The summed E-state index contributed by atoms with van der Waals surface area (Å²) in [5, 5.41) is 40.1. The maximum Gasteiger partial charge on any atom is 0.306 e. The van der Waals surface area contributed by atoms with E-state index < -0.39 is 43.4 Å². The first kappa shape index (κ1) is 55.1. The van der Waals surface area contributed by atoms with E-state index in [1.165, 1.54) is 38.5 Å². The third-order valence-electron chi connectivity index (χ3n) is 9.98. The van der Waals surface area contributed by atoms with Crippen LogP contribution in [0.3, 0.4) is 0 Å². The zero-order valence-electron chi connectivity index (χ0n) is 37.4. The van der Waals surface area contributed by atoms with Crippen LogP contribution in [0.2, 0.25) is 0 Å². The van der Waals surface area contributed by atoms with Gasteiger partial charge >= 0.3 is 5.97 Å². The van der Waals surface area contributed by atoms with Gasteiger partial charge in [-0.1, -0.05) is 156 Å². The van der Waals surface area contributed by atoms with Crippen LogP contribution in [0.15, 0.2) is 97.2 Å². The summed E-state index contributed by atoms with van der Waals surface area (Å²) in [5.41, 5.74) is 0. The number of hydrogen-bond donors (Lipinski definition) is 4. The van der Waals surface area contributed by atoms with Crippen molar-refractivity contribution in [2.24, 2.45) is 0 Å². The zero-order valence-corrected chi connectivity index (χ0v) is 37.4. The third kappa shape index (κ3) is 31.9. The number of rotatable bonds is 38. The van der Waals surface area contributed by atoms with Crippen molar-refractivity contribution in [1.82, 2.24) is 0 Å². The van der Waals surface area contributed by atoms with Crippen LogP contribution in [0.4, 0.5) is 0 Å². The first-order valence-electron chi connectivity index (χ1n) is 23.3. The summed E-state index contributed by atoms with van der Waals surface area (Å²) in [6.07, 6.45) is 50.0. The predicted octanol–water partition coefficient (Wildman–Crippen LogP) is 10.8. The van der Waals surface area contributed by atoms with Crippen LogP contribution in [-0.2, 0) is 23.7 Å². The Morgan fingerprint density at radius 2 is 1.02 bits per heavy atom. The molecule has 1 heterocycles. The van der Waals surface area contributed by atoms with E-state index in [-0.39, 0.29) is 25.6 Å². The fraction of sp³-hybridized carbons (Fsp3) is 0.667. The molecule has 0 aromatic rings. The summed E-state index contributed by atoms with van der Waals surface area (Å²) in [4.78, 5) is 12.8. The van der Waals surface area contributed by atoms with E-state index in [9.17, 15) is 25.2 Å². The van der Waals surface area contributed by atoms with Gasteiger partial charge in [0, 0.05) is 13.0 Å². The summed E-state index contributed by atoms with van der Waals surface area (Å²) in [6.45, 7) is 4.33. The normalized spacial score (nSPS) is 20.9. The number of unbranched alkanes of at least 4 members (excludes halogenated alkanes) is 11. The van der Waals surface area contributed by atoms with Gasteiger partial charge in [0.15, 0.2) is 6.29 Å². The Kier molecular flexibility index (Phi) is 38.1. The lowest BCUT2D eigenvalue weighted by Crippen LogP contribution is -2.59. The van der Waals surface area contributed by atoms with E-state index in [2.05, 4.69) is 111 Å². The minimum absolute atomic E-state index is 0.120. The number of hydrogen-bond acceptors (Lipinski definition) is 9. The second-order valence-corrected chi connectivity index (χ2v) is 15.5. The number of esters is 1. The smallest absolute Gasteiger partial charge is 0.306 e. The molecule has 0 amide bonds. The monoisotopic (exact) mass is 841 g/mol. The van der Waals surface area contributed by atoms with Gasteiger partial charge in [-0.05, 0) is 89.9 Å². The van der Waals surface area contributed by atoms with Gasteiger partial charge in [-0.25, -0.2) is 0 Å². The molecule has 0 spiro atoms. The Bertz CT molecular complexity index is 1230. The quantitative estimate of drug-likeness (QED) is 0.0272. The summed E-state index contributed by atoms with van der Waals surface area (Å²) in [5.74, 6) is -0.352. The summed E-state index contributed by atoms with van der Waals surface area (Å²) >= 11 is 0. The largest absolute Gasteiger partial charge is 0.457 e. The highest BCUT2D eigenvalue weighted by atomic mass is 16.7. The highest BCUT2D eigenvalue weighted by molar-refractivity contribution is 5.69. The molecule has 6 unspecified atom stereocenters. The molecule has 9 heteroatoms. The van der Waals surface area contributed by atoms with Crippen LogP contribution >= 0.6 is 0 Å². The SMILES string of the molecule is CC/C=C\C/C=C\C/C=C\C/C=C\C/C=C\C/C=C\C/C=C\CCCCCC(=O)OC(COCCCCCCCC/C=C\CCCC)COC1OC(CO)C(O)C(O)C1O. The van der Waals surface area contributed by atoms with Gasteiger partial charge < -0.3 is 39.4 Å². The highest BCUT2D eigenvalue weighted by Crippen LogP contribution is 2.22. The van der Waals surface area contributed by atoms with Crippen LogP contribution < -0.4 is 0 Å². The van der Waals surface area contributed by atoms with Gasteiger partial charge in [-0.15, -0.1) is 0 Å². The summed E-state index contributed by atoms with van der Waals surface area (Å²) < 4.78 is 22.8. The number of carbonyl (C=O) groups excluding carboxylic acids is 1. The highest BCUT2D eigenvalue weighted by Gasteiger charge is 2.44. The molecular weight excluding hydrogens is 757 g/mol. The van der Waals surface area contributed by atoms with Gasteiger partial charge in [0.05, 0.1) is 19.8 Å². The average Bonchev–Trinajstić information content (AvgIpc) is 3.25. The van der Waals surface area contributed by atoms with Gasteiger partial charge in [-0.2, -0.15) is 0 Å². The Morgan fingerprint density at radius 3 is 1.55 bits per heavy atom. The minimum atomic E-state index is -1.55. The fourth-order valence-electron chi connectivity index (χ4n) is 6.33. The Balaban J connectivity index is 2.28. The zero-order chi connectivity index (χ0) is 43.6. The van der Waals surface area contributed by atoms with Crippen LogP contribution in [0, 0.1) is 0 Å². The molecule has 1 rings (SSSR count). The van der Waals surface area contributed by atoms with E-state index in [1.807, 2.05) is 0 Å². The van der Waals surface area contributed by atoms with Crippen molar-refractivity contribution in [2.75, 3.05) is 26.4 Å². The van der Waals surface area contributed by atoms with Crippen molar-refractivity contribution in [1.29, 1.82) is 0 Å². The molecular formula is C51H84O9. The lowest BCUT2D eigenvalue weighted by molar-refractivity contribution is -0.305. The van der Waals surface area contributed by atoms with Crippen molar-refractivity contribution < 1.29 is 44.2 Å². The third-order valence-corrected chi connectivity index (χ3v) is 9.98. The van der Waals surface area contributed by atoms with E-state index in [4.69, 9.17) is 18.9 Å². The lowest BCUT2D eigenvalue weighted by Gasteiger charge is -2.39. The molecule has 0 radical (unpaired) electrons. The molecule has 1 fully saturated rings. The number of carbonyl (C=O) groups is 1. The molecule has 0 bridgehead atoms. The van der Waals surface area contributed by atoms with Gasteiger partial charge in [0.25, 0.3) is 0 Å². The van der Waals surface area contributed by atoms with E-state index in [0.717, 1.165) is 89.9 Å². The van der Waals surface area contributed by atoms with Crippen molar-refractivity contribution >= 4 is 5.97 Å². The van der Waals surface area contributed by atoms with E-state index >= 15 is 0 Å². The molecule has 0 aromatic carbocycles. The van der Waals surface area contributed by atoms with Crippen molar-refractivity contribution in [2.45, 2.75) is 192 Å². The number of aliphatic hydroxyl groups excluding tert-OH is 4. The van der Waals surface area contributed by atoms with Crippen molar-refractivity contribution in [3.8, 4) is 0 Å². The summed E-state index contributed by atoms with van der Waals surface area (Å²) in [7, 11) is 0. The molecule has 0 aromatic heterocycles. The number of aliphatic hydroxyl groups is 4. The van der Waals surface area contributed by atoms with Crippen molar-refractivity contribution in [3.63, 3.8) is 0 Å². The second kappa shape index (κ2) is 41.5. The maximum absolute atomic E-state index is 12.8. The predicted molar refractivity (Wildman–Crippen MR) is 246 cm³/mol. The lowest BCUT2D eigenvalue weighted by atomic mass is 9.99. The second-order valence-electron chi connectivity index (χ2n) is 15.5. The molecule has 0 aliphatic carbocycles. The van der Waals surface area contributed by atoms with E-state index in [0.29, 0.717) is 13.0 Å². The molecule has 342 valence electrons. The van der Waals surface area contributed by atoms with Crippen LogP contribution in [0.1, 0.15) is 155 Å². The molecule has 4 N–H and O–H groups in total. The molecule has 60 heavy (non-hydrogen) atoms. The number of allylic oxidation sites excluding steroid dienone is 16. The van der Waals surface area contributed by atoms with Gasteiger partial charge in [-0.3, -0.25) is 4.79 Å². The molecule has 9 nitrogen and oxygen atoms in total. The molecule has 0 saturated carbocycles. The number of ether oxygens (including phenoxy) is 4.